The van der Waals surface area contributed by atoms with Crippen molar-refractivity contribution < 1.29 is 19.1 Å². The van der Waals surface area contributed by atoms with Gasteiger partial charge in [-0.05, 0) is 36.8 Å². The van der Waals surface area contributed by atoms with Gasteiger partial charge in [-0.25, -0.2) is 4.79 Å². The monoisotopic (exact) mass is 373 g/mol. The van der Waals surface area contributed by atoms with Gasteiger partial charge >= 0.3 is 5.97 Å². The topological polar surface area (TPSA) is 64.6 Å². The smallest absolute Gasteiger partial charge is 0.331 e. The lowest BCUT2D eigenvalue weighted by Crippen LogP contribution is -2.30. The third kappa shape index (κ3) is 5.93. The third-order valence-electron chi connectivity index (χ3n) is 3.63. The number of hydrogen-bond acceptors (Lipinski definition) is 4. The number of halogens is 1. The molecule has 0 saturated heterocycles. The lowest BCUT2D eigenvalue weighted by atomic mass is 10.1. The van der Waals surface area contributed by atoms with Gasteiger partial charge in [-0.15, -0.1) is 0 Å². The number of para-hydroxylation sites is 1. The number of methoxy groups -OCH3 is 1. The van der Waals surface area contributed by atoms with E-state index in [1.54, 1.807) is 31.4 Å². The molecule has 0 aliphatic carbocycles. The predicted molar refractivity (Wildman–Crippen MR) is 101 cm³/mol. The van der Waals surface area contributed by atoms with Crippen LogP contribution >= 0.6 is 11.6 Å². The number of carbonyl (C=O) groups is 2. The highest BCUT2D eigenvalue weighted by Crippen LogP contribution is 2.18. The molecule has 0 unspecified atom stereocenters. The SMILES string of the molecule is COc1ccccc1/C=C/C(=O)OCC(=O)N[C@@H](C)c1ccc(Cl)cc1. The Kier molecular flexibility index (Phi) is 7.24. The summed E-state index contributed by atoms with van der Waals surface area (Å²) in [6, 6.07) is 14.2. The first-order chi connectivity index (χ1) is 12.5. The number of rotatable bonds is 7. The molecule has 5 nitrogen and oxygen atoms in total. The first-order valence-corrected chi connectivity index (χ1v) is 8.40. The summed E-state index contributed by atoms with van der Waals surface area (Å²) in [7, 11) is 1.55. The Morgan fingerprint density at radius 1 is 1.15 bits per heavy atom. The molecule has 0 aliphatic heterocycles. The van der Waals surface area contributed by atoms with Crippen LogP contribution in [0.1, 0.15) is 24.1 Å². The maximum Gasteiger partial charge on any atom is 0.331 e. The molecule has 0 heterocycles. The first kappa shape index (κ1) is 19.5. The summed E-state index contributed by atoms with van der Waals surface area (Å²) in [6.07, 6.45) is 2.84. The molecule has 1 amide bonds. The lowest BCUT2D eigenvalue weighted by molar-refractivity contribution is -0.144. The van der Waals surface area contributed by atoms with Crippen LogP contribution in [0.4, 0.5) is 0 Å². The molecule has 0 fully saturated rings. The number of nitrogens with one attached hydrogen (secondary N) is 1. The molecule has 2 rings (SSSR count). The Morgan fingerprint density at radius 3 is 2.54 bits per heavy atom. The standard InChI is InChI=1S/C20H20ClNO4/c1-14(15-7-10-17(21)11-8-15)22-19(23)13-26-20(24)12-9-16-5-3-4-6-18(16)25-2/h3-12,14H,13H2,1-2H3,(H,22,23)/b12-9+/t14-/m0/s1. The van der Waals surface area contributed by atoms with E-state index in [0.29, 0.717) is 10.8 Å². The molecule has 1 N–H and O–H groups in total. The van der Waals surface area contributed by atoms with Gasteiger partial charge in [0.25, 0.3) is 5.91 Å². The molecule has 0 spiro atoms. The minimum absolute atomic E-state index is 0.220. The van der Waals surface area contributed by atoms with Crippen molar-refractivity contribution in [3.05, 3.63) is 70.8 Å². The van der Waals surface area contributed by atoms with E-state index in [9.17, 15) is 9.59 Å². The van der Waals surface area contributed by atoms with E-state index in [4.69, 9.17) is 21.1 Å². The highest BCUT2D eigenvalue weighted by Gasteiger charge is 2.11. The highest BCUT2D eigenvalue weighted by molar-refractivity contribution is 6.30. The van der Waals surface area contributed by atoms with Crippen LogP contribution in [0.3, 0.4) is 0 Å². The second kappa shape index (κ2) is 9.63. The van der Waals surface area contributed by atoms with Gasteiger partial charge in [-0.3, -0.25) is 4.79 Å². The Labute approximate surface area is 157 Å². The minimum Gasteiger partial charge on any atom is -0.496 e. The summed E-state index contributed by atoms with van der Waals surface area (Å²) in [5, 5.41) is 3.39. The van der Waals surface area contributed by atoms with Gasteiger partial charge in [0.05, 0.1) is 13.2 Å². The lowest BCUT2D eigenvalue weighted by Gasteiger charge is -2.14. The third-order valence-corrected chi connectivity index (χ3v) is 3.88. The number of hydrogen-bond donors (Lipinski definition) is 1. The Morgan fingerprint density at radius 2 is 1.85 bits per heavy atom. The van der Waals surface area contributed by atoms with Crippen molar-refractivity contribution in [2.24, 2.45) is 0 Å². The molecule has 0 saturated carbocycles. The van der Waals surface area contributed by atoms with Crippen LogP contribution in [-0.4, -0.2) is 25.6 Å². The summed E-state index contributed by atoms with van der Waals surface area (Å²) in [6.45, 7) is 1.48. The second-order valence-corrected chi connectivity index (χ2v) is 5.96. The van der Waals surface area contributed by atoms with Crippen molar-refractivity contribution in [1.82, 2.24) is 5.32 Å². The molecule has 26 heavy (non-hydrogen) atoms. The van der Waals surface area contributed by atoms with Gasteiger partial charge in [0.15, 0.2) is 6.61 Å². The molecule has 0 aromatic heterocycles. The minimum atomic E-state index is -0.606. The van der Waals surface area contributed by atoms with Gasteiger partial charge < -0.3 is 14.8 Å². The van der Waals surface area contributed by atoms with Crippen molar-refractivity contribution in [3.8, 4) is 5.75 Å². The number of benzene rings is 2. The zero-order valence-electron chi connectivity index (χ0n) is 14.6. The molecule has 0 bridgehead atoms. The van der Waals surface area contributed by atoms with Crippen molar-refractivity contribution >= 4 is 29.6 Å². The predicted octanol–water partition coefficient (Wildman–Crippen LogP) is 3.78. The van der Waals surface area contributed by atoms with E-state index in [-0.39, 0.29) is 18.6 Å². The van der Waals surface area contributed by atoms with Gasteiger partial charge in [0, 0.05) is 16.7 Å². The maximum atomic E-state index is 11.9. The maximum absolute atomic E-state index is 11.9. The van der Waals surface area contributed by atoms with E-state index in [0.717, 1.165) is 11.1 Å². The fourth-order valence-corrected chi connectivity index (χ4v) is 2.39. The quantitative estimate of drug-likeness (QED) is 0.592. The Bertz CT molecular complexity index is 787. The van der Waals surface area contributed by atoms with Crippen LogP contribution in [0.15, 0.2) is 54.6 Å². The molecular formula is C20H20ClNO4. The zero-order valence-corrected chi connectivity index (χ0v) is 15.3. The van der Waals surface area contributed by atoms with E-state index < -0.39 is 5.97 Å². The Hall–Kier alpha value is -2.79. The van der Waals surface area contributed by atoms with Crippen LogP contribution in [-0.2, 0) is 14.3 Å². The van der Waals surface area contributed by atoms with E-state index in [1.807, 2.05) is 37.3 Å². The van der Waals surface area contributed by atoms with Crippen molar-refractivity contribution in [3.63, 3.8) is 0 Å². The molecule has 1 atom stereocenters. The molecule has 136 valence electrons. The van der Waals surface area contributed by atoms with E-state index in [2.05, 4.69) is 5.32 Å². The van der Waals surface area contributed by atoms with Gasteiger partial charge in [0.2, 0.25) is 0 Å². The summed E-state index contributed by atoms with van der Waals surface area (Å²) in [4.78, 5) is 23.7. The molecule has 2 aromatic carbocycles. The van der Waals surface area contributed by atoms with Crippen LogP contribution < -0.4 is 10.1 Å². The van der Waals surface area contributed by atoms with Gasteiger partial charge in [-0.2, -0.15) is 0 Å². The molecule has 6 heteroatoms. The fraction of sp³-hybridized carbons (Fsp3) is 0.200. The van der Waals surface area contributed by atoms with Crippen molar-refractivity contribution in [2.45, 2.75) is 13.0 Å². The van der Waals surface area contributed by atoms with Crippen LogP contribution in [0.25, 0.3) is 6.08 Å². The van der Waals surface area contributed by atoms with Crippen molar-refractivity contribution in [1.29, 1.82) is 0 Å². The van der Waals surface area contributed by atoms with Crippen LogP contribution in [0, 0.1) is 0 Å². The summed E-state index contributed by atoms with van der Waals surface area (Å²) in [5.41, 5.74) is 1.65. The number of ether oxygens (including phenoxy) is 2. The normalized spacial score (nSPS) is 11.8. The average Bonchev–Trinajstić information content (AvgIpc) is 2.65. The Balaban J connectivity index is 1.82. The number of esters is 1. The molecule has 0 radical (unpaired) electrons. The average molecular weight is 374 g/mol. The molecule has 2 aromatic rings. The number of carbonyl (C=O) groups excluding carboxylic acids is 2. The largest absolute Gasteiger partial charge is 0.496 e. The number of amides is 1. The highest BCUT2D eigenvalue weighted by atomic mass is 35.5. The van der Waals surface area contributed by atoms with E-state index >= 15 is 0 Å². The van der Waals surface area contributed by atoms with Crippen LogP contribution in [0.2, 0.25) is 5.02 Å². The molecular weight excluding hydrogens is 354 g/mol. The van der Waals surface area contributed by atoms with Gasteiger partial charge in [-0.1, -0.05) is 41.9 Å². The van der Waals surface area contributed by atoms with Crippen LogP contribution in [0.5, 0.6) is 5.75 Å². The summed E-state index contributed by atoms with van der Waals surface area (Å²) in [5.74, 6) is -0.345. The second-order valence-electron chi connectivity index (χ2n) is 5.52. The fourth-order valence-electron chi connectivity index (χ4n) is 2.26. The van der Waals surface area contributed by atoms with E-state index in [1.165, 1.54) is 6.08 Å². The zero-order chi connectivity index (χ0) is 18.9. The summed E-state index contributed by atoms with van der Waals surface area (Å²) >= 11 is 5.84. The van der Waals surface area contributed by atoms with Crippen molar-refractivity contribution in [2.75, 3.05) is 13.7 Å². The summed E-state index contributed by atoms with van der Waals surface area (Å²) < 4.78 is 10.1. The van der Waals surface area contributed by atoms with Gasteiger partial charge in [0.1, 0.15) is 5.75 Å². The first-order valence-electron chi connectivity index (χ1n) is 8.02. The molecule has 0 aliphatic rings.